The fraction of sp³-hybridized carbons (Fsp3) is 0.577. The third-order valence-electron chi connectivity index (χ3n) is 8.74. The summed E-state index contributed by atoms with van der Waals surface area (Å²) in [5, 5.41) is 0. The molecule has 0 amide bonds. The number of esters is 3. The quantitative estimate of drug-likeness (QED) is 0.399. The van der Waals surface area contributed by atoms with Crippen LogP contribution >= 0.6 is 0 Å². The summed E-state index contributed by atoms with van der Waals surface area (Å²) in [5.74, 6) is 0.322. The highest BCUT2D eigenvalue weighted by atomic mass is 16.6. The SMILES string of the molecule is CC(=O)Oc1ccc2c(c1)CC[C@@H]1[C@@H]2CC[C@@]2(C)[C@]13C=C[C@@]2(OC(C)=O)[C@@H](OC(C)=O)C3. The number of rotatable bonds is 3. The Morgan fingerprint density at radius 1 is 1.00 bits per heavy atom. The smallest absolute Gasteiger partial charge is 0.308 e. The molecular formula is C26H30O6. The van der Waals surface area contributed by atoms with Crippen molar-refractivity contribution in [3.05, 3.63) is 41.5 Å². The molecule has 0 spiro atoms. The number of hydrogen-bond acceptors (Lipinski definition) is 6. The summed E-state index contributed by atoms with van der Waals surface area (Å²) < 4.78 is 17.1. The molecule has 2 fully saturated rings. The van der Waals surface area contributed by atoms with Gasteiger partial charge in [-0.05, 0) is 73.3 Å². The minimum absolute atomic E-state index is 0.197. The molecule has 0 heterocycles. The van der Waals surface area contributed by atoms with Crippen LogP contribution < -0.4 is 4.74 Å². The monoisotopic (exact) mass is 438 g/mol. The van der Waals surface area contributed by atoms with E-state index in [-0.39, 0.29) is 28.7 Å². The predicted molar refractivity (Wildman–Crippen MR) is 116 cm³/mol. The van der Waals surface area contributed by atoms with E-state index >= 15 is 0 Å². The van der Waals surface area contributed by atoms with Crippen LogP contribution in [0.2, 0.25) is 0 Å². The second-order valence-electron chi connectivity index (χ2n) is 10.1. The molecule has 0 saturated heterocycles. The Labute approximate surface area is 188 Å². The van der Waals surface area contributed by atoms with E-state index in [0.717, 1.165) is 25.7 Å². The number of aryl methyl sites for hydroxylation is 1. The number of fused-ring (bicyclic) bond motifs is 3. The first-order chi connectivity index (χ1) is 15.1. The first kappa shape index (κ1) is 21.2. The molecule has 0 unspecified atom stereocenters. The van der Waals surface area contributed by atoms with Gasteiger partial charge in [0.15, 0.2) is 5.60 Å². The van der Waals surface area contributed by atoms with Gasteiger partial charge in [-0.25, -0.2) is 0 Å². The van der Waals surface area contributed by atoms with Crippen molar-refractivity contribution in [2.75, 3.05) is 0 Å². The van der Waals surface area contributed by atoms with E-state index in [0.29, 0.717) is 24.0 Å². The van der Waals surface area contributed by atoms with E-state index in [1.54, 1.807) is 0 Å². The van der Waals surface area contributed by atoms with Crippen molar-refractivity contribution in [1.82, 2.24) is 0 Å². The van der Waals surface area contributed by atoms with Crippen LogP contribution in [0.3, 0.4) is 0 Å². The molecule has 6 nitrogen and oxygen atoms in total. The molecule has 0 radical (unpaired) electrons. The second kappa shape index (κ2) is 6.93. The minimum atomic E-state index is -0.908. The summed E-state index contributed by atoms with van der Waals surface area (Å²) in [6.45, 7) is 6.48. The molecule has 1 aromatic carbocycles. The topological polar surface area (TPSA) is 78.9 Å². The van der Waals surface area contributed by atoms with Crippen molar-refractivity contribution in [2.24, 2.45) is 16.7 Å². The average molecular weight is 439 g/mol. The predicted octanol–water partition coefficient (Wildman–Crippen LogP) is 4.25. The summed E-state index contributed by atoms with van der Waals surface area (Å²) >= 11 is 0. The van der Waals surface area contributed by atoms with Crippen LogP contribution in [-0.4, -0.2) is 29.6 Å². The third-order valence-corrected chi connectivity index (χ3v) is 8.74. The highest BCUT2D eigenvalue weighted by Crippen LogP contribution is 2.76. The Kier molecular flexibility index (Phi) is 4.60. The van der Waals surface area contributed by atoms with E-state index in [1.807, 2.05) is 18.2 Å². The molecule has 1 aromatic rings. The van der Waals surface area contributed by atoms with Gasteiger partial charge in [-0.15, -0.1) is 0 Å². The molecule has 4 aliphatic carbocycles. The molecule has 4 aliphatic rings. The zero-order chi connectivity index (χ0) is 22.9. The van der Waals surface area contributed by atoms with E-state index < -0.39 is 11.7 Å². The lowest BCUT2D eigenvalue weighted by Crippen LogP contribution is -2.56. The highest BCUT2D eigenvalue weighted by Gasteiger charge is 2.77. The molecule has 170 valence electrons. The number of benzene rings is 1. The van der Waals surface area contributed by atoms with Crippen LogP contribution in [-0.2, 0) is 30.3 Å². The number of ether oxygens (including phenoxy) is 3. The normalized spacial score (nSPS) is 38.3. The minimum Gasteiger partial charge on any atom is -0.458 e. The molecule has 0 aliphatic heterocycles. The second-order valence-corrected chi connectivity index (χ2v) is 10.1. The molecular weight excluding hydrogens is 408 g/mol. The van der Waals surface area contributed by atoms with Gasteiger partial charge in [0.1, 0.15) is 11.9 Å². The number of carbonyl (C=O) groups is 3. The number of hydrogen-bond donors (Lipinski definition) is 0. The van der Waals surface area contributed by atoms with Crippen LogP contribution in [0.25, 0.3) is 0 Å². The lowest BCUT2D eigenvalue weighted by molar-refractivity contribution is -0.188. The average Bonchev–Trinajstić information content (AvgIpc) is 3.06. The zero-order valence-electron chi connectivity index (χ0n) is 19.1. The summed E-state index contributed by atoms with van der Waals surface area (Å²) in [6, 6.07) is 6.00. The Bertz CT molecular complexity index is 1040. The van der Waals surface area contributed by atoms with Gasteiger partial charge in [-0.2, -0.15) is 0 Å². The van der Waals surface area contributed by atoms with Gasteiger partial charge in [0, 0.05) is 31.6 Å². The van der Waals surface area contributed by atoms with Crippen LogP contribution in [0.15, 0.2) is 30.4 Å². The van der Waals surface area contributed by atoms with E-state index in [1.165, 1.54) is 31.9 Å². The van der Waals surface area contributed by atoms with Gasteiger partial charge >= 0.3 is 17.9 Å². The Morgan fingerprint density at radius 2 is 1.78 bits per heavy atom. The fourth-order valence-corrected chi connectivity index (χ4v) is 7.65. The standard InChI is InChI=1S/C26H30O6/c1-15(27)30-19-6-7-20-18(13-19)5-8-22-21(20)9-10-24(4)25(22)11-12-26(24,32-17(3)29)23(14-25)31-16(2)28/h6-7,11-13,21-23H,5,8-10,14H2,1-4H3/t21-,22-,23+,24+,25+,26-/m1/s1. The summed E-state index contributed by atoms with van der Waals surface area (Å²) in [7, 11) is 0. The molecule has 0 aromatic heterocycles. The van der Waals surface area contributed by atoms with Gasteiger partial charge in [0.05, 0.1) is 0 Å². The van der Waals surface area contributed by atoms with Gasteiger partial charge < -0.3 is 14.2 Å². The van der Waals surface area contributed by atoms with Crippen molar-refractivity contribution in [1.29, 1.82) is 0 Å². The van der Waals surface area contributed by atoms with Crippen LogP contribution in [0.4, 0.5) is 0 Å². The van der Waals surface area contributed by atoms with Crippen LogP contribution in [0, 0.1) is 16.7 Å². The molecule has 6 atom stereocenters. The summed E-state index contributed by atoms with van der Waals surface area (Å²) in [6.07, 6.45) is 8.23. The third kappa shape index (κ3) is 2.67. The largest absolute Gasteiger partial charge is 0.458 e. The van der Waals surface area contributed by atoms with Crippen molar-refractivity contribution < 1.29 is 28.6 Å². The van der Waals surface area contributed by atoms with Gasteiger partial charge in [0.25, 0.3) is 0 Å². The maximum Gasteiger partial charge on any atom is 0.308 e. The highest BCUT2D eigenvalue weighted by molar-refractivity contribution is 5.70. The first-order valence-electron chi connectivity index (χ1n) is 11.5. The van der Waals surface area contributed by atoms with Crippen molar-refractivity contribution in [2.45, 2.75) is 77.4 Å². The fourth-order valence-electron chi connectivity index (χ4n) is 7.65. The van der Waals surface area contributed by atoms with E-state index in [2.05, 4.69) is 19.1 Å². The maximum atomic E-state index is 12.2. The Balaban J connectivity index is 1.54. The zero-order valence-corrected chi connectivity index (χ0v) is 19.1. The van der Waals surface area contributed by atoms with E-state index in [9.17, 15) is 14.4 Å². The summed E-state index contributed by atoms with van der Waals surface area (Å²) in [4.78, 5) is 35.5. The van der Waals surface area contributed by atoms with Gasteiger partial charge in [-0.1, -0.05) is 19.1 Å². The first-order valence-corrected chi connectivity index (χ1v) is 11.5. The molecule has 2 bridgehead atoms. The van der Waals surface area contributed by atoms with Crippen LogP contribution in [0.5, 0.6) is 5.75 Å². The number of carbonyl (C=O) groups excluding carboxylic acids is 3. The van der Waals surface area contributed by atoms with Crippen molar-refractivity contribution in [3.8, 4) is 5.75 Å². The van der Waals surface area contributed by atoms with Gasteiger partial charge in [-0.3, -0.25) is 14.4 Å². The maximum absolute atomic E-state index is 12.2. The number of allylic oxidation sites excluding steroid dienone is 1. The van der Waals surface area contributed by atoms with E-state index in [4.69, 9.17) is 14.2 Å². The lowest BCUT2D eigenvalue weighted by Gasteiger charge is -2.56. The Hall–Kier alpha value is -2.63. The van der Waals surface area contributed by atoms with Gasteiger partial charge in [0.2, 0.25) is 0 Å². The molecule has 6 heteroatoms. The molecule has 2 saturated carbocycles. The molecule has 0 N–H and O–H groups in total. The summed E-state index contributed by atoms with van der Waals surface area (Å²) in [5.41, 5.74) is 1.14. The van der Waals surface area contributed by atoms with Crippen molar-refractivity contribution in [3.63, 3.8) is 0 Å². The van der Waals surface area contributed by atoms with Crippen LogP contribution in [0.1, 0.15) is 70.4 Å². The molecule has 32 heavy (non-hydrogen) atoms. The van der Waals surface area contributed by atoms with Crippen molar-refractivity contribution >= 4 is 17.9 Å². The molecule has 5 rings (SSSR count). The lowest BCUT2D eigenvalue weighted by atomic mass is 9.48. The Morgan fingerprint density at radius 3 is 2.47 bits per heavy atom.